The van der Waals surface area contributed by atoms with Crippen LogP contribution in [-0.4, -0.2) is 24.9 Å². The Hall–Kier alpha value is -2.62. The van der Waals surface area contributed by atoms with Crippen LogP contribution in [0.1, 0.15) is 17.5 Å². The van der Waals surface area contributed by atoms with Crippen molar-refractivity contribution in [2.45, 2.75) is 19.3 Å². The largest absolute Gasteiger partial charge is 0.348 e. The molecule has 0 saturated heterocycles. The van der Waals surface area contributed by atoms with E-state index in [1.54, 1.807) is 0 Å². The first-order valence-electron chi connectivity index (χ1n) is 7.89. The van der Waals surface area contributed by atoms with Crippen LogP contribution >= 0.6 is 0 Å². The van der Waals surface area contributed by atoms with E-state index in [1.165, 1.54) is 5.56 Å². The van der Waals surface area contributed by atoms with Gasteiger partial charge in [-0.1, -0.05) is 60.7 Å². The highest BCUT2D eigenvalue weighted by Crippen LogP contribution is 2.01. The van der Waals surface area contributed by atoms with Gasteiger partial charge in [-0.15, -0.1) is 0 Å². The van der Waals surface area contributed by atoms with Gasteiger partial charge in [0.2, 0.25) is 0 Å². The maximum Gasteiger partial charge on any atom is 0.309 e. The third-order valence-corrected chi connectivity index (χ3v) is 3.52. The van der Waals surface area contributed by atoms with Crippen molar-refractivity contribution in [1.82, 2.24) is 10.6 Å². The number of aryl methyl sites for hydroxylation is 1. The molecule has 0 heterocycles. The Bertz CT molecular complexity index is 612. The smallest absolute Gasteiger partial charge is 0.309 e. The van der Waals surface area contributed by atoms with E-state index in [1.807, 2.05) is 48.5 Å². The third-order valence-electron chi connectivity index (χ3n) is 3.52. The predicted molar refractivity (Wildman–Crippen MR) is 90.9 cm³/mol. The maximum absolute atomic E-state index is 11.7. The summed E-state index contributed by atoms with van der Waals surface area (Å²) >= 11 is 0. The van der Waals surface area contributed by atoms with Crippen LogP contribution in [0.15, 0.2) is 60.7 Å². The van der Waals surface area contributed by atoms with Crippen LogP contribution in [0, 0.1) is 0 Å². The molecule has 0 atom stereocenters. The maximum atomic E-state index is 11.7. The summed E-state index contributed by atoms with van der Waals surface area (Å²) in [6, 6.07) is 19.9. The lowest BCUT2D eigenvalue weighted by molar-refractivity contribution is -0.139. The SMILES string of the molecule is O=C(NCCCc1ccccc1)C(=O)NCCc1ccccc1. The van der Waals surface area contributed by atoms with Crippen molar-refractivity contribution in [3.8, 4) is 0 Å². The molecule has 2 rings (SSSR count). The summed E-state index contributed by atoms with van der Waals surface area (Å²) in [5, 5.41) is 5.29. The van der Waals surface area contributed by atoms with Crippen molar-refractivity contribution in [3.05, 3.63) is 71.8 Å². The molecule has 23 heavy (non-hydrogen) atoms. The average Bonchev–Trinajstić information content (AvgIpc) is 2.60. The lowest BCUT2D eigenvalue weighted by atomic mass is 10.1. The van der Waals surface area contributed by atoms with Gasteiger partial charge in [0.05, 0.1) is 0 Å². The first-order chi connectivity index (χ1) is 11.3. The van der Waals surface area contributed by atoms with Gasteiger partial charge in [-0.25, -0.2) is 0 Å². The Morgan fingerprint density at radius 2 is 1.13 bits per heavy atom. The first-order valence-corrected chi connectivity index (χ1v) is 7.89. The highest BCUT2D eigenvalue weighted by atomic mass is 16.2. The summed E-state index contributed by atoms with van der Waals surface area (Å²) in [5.74, 6) is -1.13. The van der Waals surface area contributed by atoms with Crippen molar-refractivity contribution in [3.63, 3.8) is 0 Å². The minimum atomic E-state index is -0.569. The van der Waals surface area contributed by atoms with Gasteiger partial charge in [-0.2, -0.15) is 0 Å². The Labute approximate surface area is 136 Å². The van der Waals surface area contributed by atoms with E-state index in [9.17, 15) is 9.59 Å². The van der Waals surface area contributed by atoms with Gasteiger partial charge in [0, 0.05) is 13.1 Å². The number of hydrogen-bond acceptors (Lipinski definition) is 2. The normalized spacial score (nSPS) is 10.1. The van der Waals surface area contributed by atoms with Crippen LogP contribution in [-0.2, 0) is 22.4 Å². The Morgan fingerprint density at radius 3 is 1.70 bits per heavy atom. The molecule has 0 saturated carbocycles. The van der Waals surface area contributed by atoms with E-state index in [-0.39, 0.29) is 0 Å². The Balaban J connectivity index is 1.58. The molecule has 0 unspecified atom stereocenters. The van der Waals surface area contributed by atoms with Gasteiger partial charge in [-0.3, -0.25) is 9.59 Å². The standard InChI is InChI=1S/C19H22N2O2/c22-18(20-14-7-12-16-8-3-1-4-9-16)19(23)21-15-13-17-10-5-2-6-11-17/h1-6,8-11H,7,12-15H2,(H,20,22)(H,21,23). The molecule has 2 aromatic rings. The van der Waals surface area contributed by atoms with Gasteiger partial charge in [0.25, 0.3) is 0 Å². The van der Waals surface area contributed by atoms with Gasteiger partial charge >= 0.3 is 11.8 Å². The molecule has 2 aromatic carbocycles. The minimum absolute atomic E-state index is 0.459. The van der Waals surface area contributed by atoms with E-state index >= 15 is 0 Å². The number of benzene rings is 2. The second-order valence-corrected chi connectivity index (χ2v) is 5.34. The van der Waals surface area contributed by atoms with E-state index in [4.69, 9.17) is 0 Å². The summed E-state index contributed by atoms with van der Waals surface area (Å²) in [7, 11) is 0. The second kappa shape index (κ2) is 9.41. The lowest BCUT2D eigenvalue weighted by Gasteiger charge is -2.07. The summed E-state index contributed by atoms with van der Waals surface area (Å²) in [6.07, 6.45) is 2.41. The van der Waals surface area contributed by atoms with Crippen molar-refractivity contribution in [2.75, 3.05) is 13.1 Å². The summed E-state index contributed by atoms with van der Waals surface area (Å²) in [6.45, 7) is 0.958. The van der Waals surface area contributed by atoms with E-state index in [2.05, 4.69) is 22.8 Å². The van der Waals surface area contributed by atoms with Crippen molar-refractivity contribution < 1.29 is 9.59 Å². The molecule has 0 aromatic heterocycles. The monoisotopic (exact) mass is 310 g/mol. The van der Waals surface area contributed by atoms with Crippen LogP contribution < -0.4 is 10.6 Å². The van der Waals surface area contributed by atoms with Gasteiger partial charge in [0.1, 0.15) is 0 Å². The minimum Gasteiger partial charge on any atom is -0.348 e. The fourth-order valence-electron chi connectivity index (χ4n) is 2.26. The van der Waals surface area contributed by atoms with Crippen LogP contribution in [0.4, 0.5) is 0 Å². The molecule has 0 bridgehead atoms. The Morgan fingerprint density at radius 1 is 0.652 bits per heavy atom. The van der Waals surface area contributed by atoms with Crippen LogP contribution in [0.5, 0.6) is 0 Å². The van der Waals surface area contributed by atoms with E-state index < -0.39 is 11.8 Å². The van der Waals surface area contributed by atoms with E-state index in [0.717, 1.165) is 18.4 Å². The molecule has 0 aliphatic carbocycles. The number of nitrogens with one attached hydrogen (secondary N) is 2. The van der Waals surface area contributed by atoms with Crippen LogP contribution in [0.25, 0.3) is 0 Å². The number of carbonyl (C=O) groups is 2. The number of carbonyl (C=O) groups excluding carboxylic acids is 2. The molecule has 0 fully saturated rings. The Kier molecular flexibility index (Phi) is 6.85. The van der Waals surface area contributed by atoms with Crippen LogP contribution in [0.2, 0.25) is 0 Å². The molecule has 4 heteroatoms. The topological polar surface area (TPSA) is 58.2 Å². The zero-order valence-electron chi connectivity index (χ0n) is 13.1. The lowest BCUT2D eigenvalue weighted by Crippen LogP contribution is -2.41. The quantitative estimate of drug-likeness (QED) is 0.608. The molecule has 0 radical (unpaired) electrons. The number of amides is 2. The molecule has 0 aliphatic rings. The fourth-order valence-corrected chi connectivity index (χ4v) is 2.26. The summed E-state index contributed by atoms with van der Waals surface area (Å²) < 4.78 is 0. The molecule has 4 nitrogen and oxygen atoms in total. The third kappa shape index (κ3) is 6.34. The first kappa shape index (κ1) is 16.7. The highest BCUT2D eigenvalue weighted by Gasteiger charge is 2.11. The van der Waals surface area contributed by atoms with Crippen LogP contribution in [0.3, 0.4) is 0 Å². The van der Waals surface area contributed by atoms with Crippen molar-refractivity contribution >= 4 is 11.8 Å². The highest BCUT2D eigenvalue weighted by molar-refractivity contribution is 6.35. The second-order valence-electron chi connectivity index (χ2n) is 5.34. The van der Waals surface area contributed by atoms with Crippen molar-refractivity contribution in [2.24, 2.45) is 0 Å². The average molecular weight is 310 g/mol. The molecular formula is C19H22N2O2. The molecular weight excluding hydrogens is 288 g/mol. The molecule has 2 N–H and O–H groups in total. The number of rotatable bonds is 7. The molecule has 120 valence electrons. The molecule has 2 amide bonds. The van der Waals surface area contributed by atoms with E-state index in [0.29, 0.717) is 19.5 Å². The van der Waals surface area contributed by atoms with Crippen molar-refractivity contribution in [1.29, 1.82) is 0 Å². The zero-order valence-corrected chi connectivity index (χ0v) is 13.1. The van der Waals surface area contributed by atoms with Gasteiger partial charge in [0.15, 0.2) is 0 Å². The van der Waals surface area contributed by atoms with Gasteiger partial charge in [-0.05, 0) is 30.4 Å². The van der Waals surface area contributed by atoms with Gasteiger partial charge < -0.3 is 10.6 Å². The molecule has 0 spiro atoms. The summed E-state index contributed by atoms with van der Waals surface area (Å²) in [4.78, 5) is 23.3. The zero-order chi connectivity index (χ0) is 16.3. The predicted octanol–water partition coefficient (Wildman–Crippen LogP) is 2.09. The summed E-state index contributed by atoms with van der Waals surface area (Å²) in [5.41, 5.74) is 2.37. The number of hydrogen-bond donors (Lipinski definition) is 2. The molecule has 0 aliphatic heterocycles. The fraction of sp³-hybridized carbons (Fsp3) is 0.263.